The molecular formula is C17H34N6O. The van der Waals surface area contributed by atoms with E-state index < -0.39 is 0 Å². The highest BCUT2D eigenvalue weighted by molar-refractivity contribution is 5.93. The molecule has 0 aromatic carbocycles. The number of nitrogens with zero attached hydrogens (tertiary/aromatic N) is 3. The summed E-state index contributed by atoms with van der Waals surface area (Å²) < 4.78 is 5.35. The van der Waals surface area contributed by atoms with Gasteiger partial charge in [0.15, 0.2) is 0 Å². The summed E-state index contributed by atoms with van der Waals surface area (Å²) in [6, 6.07) is 0.375. The van der Waals surface area contributed by atoms with Crippen LogP contribution < -0.4 is 10.6 Å². The van der Waals surface area contributed by atoms with Crippen LogP contribution in [-0.4, -0.2) is 79.2 Å². The van der Waals surface area contributed by atoms with Gasteiger partial charge in [-0.3, -0.25) is 5.41 Å². The van der Waals surface area contributed by atoms with Crippen molar-refractivity contribution in [1.82, 2.24) is 20.4 Å². The molecule has 2 saturated heterocycles. The summed E-state index contributed by atoms with van der Waals surface area (Å²) in [7, 11) is 3.95. The maximum Gasteiger partial charge on any atom is 0.221 e. The Morgan fingerprint density at radius 2 is 1.75 bits per heavy atom. The lowest BCUT2D eigenvalue weighted by Crippen LogP contribution is -2.63. The molecule has 24 heavy (non-hydrogen) atoms. The fourth-order valence-electron chi connectivity index (χ4n) is 3.97. The molecule has 138 valence electrons. The van der Waals surface area contributed by atoms with Crippen LogP contribution in [0.15, 0.2) is 4.99 Å². The molecule has 2 rings (SSSR count). The molecule has 3 N–H and O–H groups in total. The largest absolute Gasteiger partial charge is 0.378 e. The van der Waals surface area contributed by atoms with Gasteiger partial charge in [-0.25, -0.2) is 0 Å². The van der Waals surface area contributed by atoms with E-state index in [1.165, 1.54) is 0 Å². The van der Waals surface area contributed by atoms with E-state index in [4.69, 9.17) is 10.1 Å². The van der Waals surface area contributed by atoms with E-state index in [1.54, 1.807) is 0 Å². The molecule has 7 nitrogen and oxygen atoms in total. The average molecular weight is 339 g/mol. The van der Waals surface area contributed by atoms with Gasteiger partial charge in [0, 0.05) is 44.3 Å². The van der Waals surface area contributed by atoms with Crippen molar-refractivity contribution in [2.75, 3.05) is 40.4 Å². The maximum absolute atomic E-state index is 8.28. The normalized spacial score (nSPS) is 24.6. The van der Waals surface area contributed by atoms with Crippen molar-refractivity contribution in [3.8, 4) is 0 Å². The van der Waals surface area contributed by atoms with Gasteiger partial charge in [0.25, 0.3) is 0 Å². The third-order valence-corrected chi connectivity index (χ3v) is 4.80. The lowest BCUT2D eigenvalue weighted by molar-refractivity contribution is 0.0671. The van der Waals surface area contributed by atoms with Crippen molar-refractivity contribution >= 4 is 11.9 Å². The quantitative estimate of drug-likeness (QED) is 0.492. The second kappa shape index (κ2) is 7.27. The Morgan fingerprint density at radius 3 is 2.25 bits per heavy atom. The second-order valence-electron chi connectivity index (χ2n) is 8.17. The summed E-state index contributed by atoms with van der Waals surface area (Å²) in [5.74, 6) is 1.06. The van der Waals surface area contributed by atoms with E-state index in [9.17, 15) is 0 Å². The van der Waals surface area contributed by atoms with E-state index in [-0.39, 0.29) is 11.1 Å². The molecule has 2 fully saturated rings. The van der Waals surface area contributed by atoms with Crippen LogP contribution in [0.3, 0.4) is 0 Å². The number of piperidine rings is 1. The highest BCUT2D eigenvalue weighted by Gasteiger charge is 2.39. The molecule has 7 heteroatoms. The molecule has 0 spiro atoms. The first-order valence-electron chi connectivity index (χ1n) is 8.83. The Morgan fingerprint density at radius 1 is 1.21 bits per heavy atom. The third kappa shape index (κ3) is 4.83. The fraction of sp³-hybridized carbons (Fsp3) is 0.882. The van der Waals surface area contributed by atoms with Crippen molar-refractivity contribution in [2.45, 2.75) is 57.7 Å². The van der Waals surface area contributed by atoms with Gasteiger partial charge in [0.05, 0.1) is 13.2 Å². The van der Waals surface area contributed by atoms with Crippen LogP contribution in [0.5, 0.6) is 0 Å². The number of morpholine rings is 1. The van der Waals surface area contributed by atoms with Crippen LogP contribution in [0.25, 0.3) is 0 Å². The van der Waals surface area contributed by atoms with Crippen molar-refractivity contribution in [2.24, 2.45) is 4.99 Å². The molecule has 0 amide bonds. The van der Waals surface area contributed by atoms with Gasteiger partial charge in [-0.1, -0.05) is 0 Å². The number of guanidine groups is 2. The predicted octanol–water partition coefficient (Wildman–Crippen LogP) is 1.07. The summed E-state index contributed by atoms with van der Waals surface area (Å²) in [5, 5.41) is 15.2. The highest BCUT2D eigenvalue weighted by atomic mass is 16.5. The molecule has 0 bridgehead atoms. The first-order chi connectivity index (χ1) is 11.1. The van der Waals surface area contributed by atoms with Crippen LogP contribution in [0.1, 0.15) is 40.5 Å². The zero-order valence-electron chi connectivity index (χ0n) is 16.1. The van der Waals surface area contributed by atoms with E-state index >= 15 is 0 Å². The van der Waals surface area contributed by atoms with Gasteiger partial charge < -0.3 is 25.2 Å². The van der Waals surface area contributed by atoms with Gasteiger partial charge in [0.1, 0.15) is 0 Å². The molecule has 0 atom stereocenters. The highest BCUT2D eigenvalue weighted by Crippen LogP contribution is 2.31. The monoisotopic (exact) mass is 338 g/mol. The van der Waals surface area contributed by atoms with Crippen LogP contribution in [0.2, 0.25) is 0 Å². The van der Waals surface area contributed by atoms with Gasteiger partial charge in [-0.2, -0.15) is 4.99 Å². The Labute approximate surface area is 146 Å². The van der Waals surface area contributed by atoms with Crippen molar-refractivity contribution in [1.29, 1.82) is 5.41 Å². The summed E-state index contributed by atoms with van der Waals surface area (Å²) in [4.78, 5) is 8.71. The van der Waals surface area contributed by atoms with E-state index in [2.05, 4.69) is 55.3 Å². The zero-order chi connectivity index (χ0) is 18.0. The summed E-state index contributed by atoms with van der Waals surface area (Å²) in [6.45, 7) is 11.8. The standard InChI is InChI=1S/C17H34N6O/c1-16(2)11-13(12-17(3,4)21-16)22(6)15(19-5)20-14(18)23-7-9-24-10-8-23/h13,21H,7-12H2,1-6H3,(H2,18,19,20). The molecule has 0 saturated carbocycles. The summed E-state index contributed by atoms with van der Waals surface area (Å²) in [6.07, 6.45) is 2.08. The minimum atomic E-state index is 0.0806. The average Bonchev–Trinajstić information content (AvgIpc) is 2.49. The molecule has 0 aromatic heterocycles. The molecule has 2 heterocycles. The SMILES string of the molecule is CN/C(=N\C(=N)N1CCOCC1)N(C)C1CC(C)(C)NC(C)(C)C1. The predicted molar refractivity (Wildman–Crippen MR) is 98.7 cm³/mol. The second-order valence-corrected chi connectivity index (χ2v) is 8.17. The Kier molecular flexibility index (Phi) is 5.75. The fourth-order valence-corrected chi connectivity index (χ4v) is 3.97. The molecule has 2 aliphatic heterocycles. The maximum atomic E-state index is 8.28. The van der Waals surface area contributed by atoms with E-state index in [0.29, 0.717) is 25.2 Å². The third-order valence-electron chi connectivity index (χ3n) is 4.80. The molecule has 2 aliphatic rings. The Bertz CT molecular complexity index is 465. The summed E-state index contributed by atoms with van der Waals surface area (Å²) in [5.41, 5.74) is 0.161. The first-order valence-corrected chi connectivity index (χ1v) is 8.83. The number of ether oxygens (including phenoxy) is 1. The zero-order valence-corrected chi connectivity index (χ0v) is 16.1. The molecule has 0 aliphatic carbocycles. The topological polar surface area (TPSA) is 76.0 Å². The van der Waals surface area contributed by atoms with Crippen LogP contribution in [0.4, 0.5) is 0 Å². The minimum absolute atomic E-state index is 0.0806. The molecule has 0 unspecified atom stereocenters. The van der Waals surface area contributed by atoms with Crippen molar-refractivity contribution < 1.29 is 4.74 Å². The summed E-state index contributed by atoms with van der Waals surface area (Å²) >= 11 is 0. The Balaban J connectivity index is 2.10. The van der Waals surface area contributed by atoms with Crippen LogP contribution in [0, 0.1) is 5.41 Å². The van der Waals surface area contributed by atoms with Gasteiger partial charge in [-0.05, 0) is 40.5 Å². The van der Waals surface area contributed by atoms with Gasteiger partial charge in [-0.15, -0.1) is 0 Å². The molecular weight excluding hydrogens is 304 g/mol. The molecule has 0 radical (unpaired) electrons. The van der Waals surface area contributed by atoms with Crippen LogP contribution in [-0.2, 0) is 4.74 Å². The van der Waals surface area contributed by atoms with Gasteiger partial charge >= 0.3 is 0 Å². The lowest BCUT2D eigenvalue weighted by atomic mass is 9.79. The number of nitrogens with one attached hydrogen (secondary N) is 3. The number of rotatable bonds is 1. The Hall–Kier alpha value is -1.34. The van der Waals surface area contributed by atoms with E-state index in [0.717, 1.165) is 31.9 Å². The van der Waals surface area contributed by atoms with Crippen molar-refractivity contribution in [3.63, 3.8) is 0 Å². The minimum Gasteiger partial charge on any atom is -0.378 e. The van der Waals surface area contributed by atoms with Gasteiger partial charge in [0.2, 0.25) is 11.9 Å². The smallest absolute Gasteiger partial charge is 0.221 e. The van der Waals surface area contributed by atoms with E-state index in [1.807, 2.05) is 11.9 Å². The molecule has 0 aromatic rings. The number of aliphatic imine (C=N–C) groups is 1. The number of hydrogen-bond acceptors (Lipinski definition) is 3. The first kappa shape index (κ1) is 19.0. The number of hydrogen-bond donors (Lipinski definition) is 3. The van der Waals surface area contributed by atoms with Crippen molar-refractivity contribution in [3.05, 3.63) is 0 Å². The van der Waals surface area contributed by atoms with Crippen LogP contribution >= 0.6 is 0 Å². The lowest BCUT2D eigenvalue weighted by Gasteiger charge is -2.49.